The molecule has 0 spiro atoms. The van der Waals surface area contributed by atoms with E-state index in [1.807, 2.05) is 0 Å². The molecule has 0 aliphatic rings. The van der Waals surface area contributed by atoms with Crippen LogP contribution in [0, 0.1) is 5.82 Å². The smallest absolute Gasteiger partial charge is 0.394 e. The van der Waals surface area contributed by atoms with Gasteiger partial charge in [-0.15, -0.1) is 0 Å². The van der Waals surface area contributed by atoms with Gasteiger partial charge in [0.05, 0.1) is 17.5 Å². The molecule has 150 valence electrons. The molecule has 9 nitrogen and oxygen atoms in total. The number of carbonyl (C=O) groups is 2. The number of benzene rings is 2. The highest BCUT2D eigenvalue weighted by atomic mass is 19.1. The Kier molecular flexibility index (Phi) is 6.15. The Morgan fingerprint density at radius 1 is 1.10 bits per heavy atom. The van der Waals surface area contributed by atoms with Crippen molar-refractivity contribution in [2.75, 3.05) is 31.0 Å². The maximum atomic E-state index is 14.7. The van der Waals surface area contributed by atoms with Gasteiger partial charge in [-0.2, -0.15) is 0 Å². The minimum Gasteiger partial charge on any atom is -0.491 e. The van der Waals surface area contributed by atoms with E-state index in [0.717, 1.165) is 0 Å². The number of nitrogens with one attached hydrogen (secondary N) is 2. The van der Waals surface area contributed by atoms with Crippen molar-refractivity contribution in [1.29, 1.82) is 0 Å². The quantitative estimate of drug-likeness (QED) is 0.409. The number of carbonyl (C=O) groups excluding carboxylic acids is 1. The summed E-state index contributed by atoms with van der Waals surface area (Å²) in [5.41, 5.74) is 1.22. The van der Waals surface area contributed by atoms with Gasteiger partial charge in [0.1, 0.15) is 30.3 Å². The SMILES string of the molecule is COCCOc1cc(F)c2c(Nc3ccc(NC(=O)C(=O)O)cc3)ncnc2c1. The number of amides is 1. The summed E-state index contributed by atoms with van der Waals surface area (Å²) >= 11 is 0. The van der Waals surface area contributed by atoms with Crippen LogP contribution < -0.4 is 15.4 Å². The van der Waals surface area contributed by atoms with Crippen LogP contribution in [0.3, 0.4) is 0 Å². The Balaban J connectivity index is 1.81. The number of anilines is 3. The molecule has 0 aliphatic carbocycles. The highest BCUT2D eigenvalue weighted by molar-refractivity contribution is 6.36. The summed E-state index contributed by atoms with van der Waals surface area (Å²) in [4.78, 5) is 29.9. The number of halogens is 1. The van der Waals surface area contributed by atoms with Crippen molar-refractivity contribution in [3.05, 3.63) is 48.5 Å². The molecular formula is C19H17FN4O5. The molecule has 1 aromatic heterocycles. The number of carboxylic acid groups (broad SMARTS) is 1. The molecule has 0 aliphatic heterocycles. The normalized spacial score (nSPS) is 10.6. The van der Waals surface area contributed by atoms with Crippen LogP contribution >= 0.6 is 0 Å². The molecule has 3 aromatic rings. The number of fused-ring (bicyclic) bond motifs is 1. The molecule has 0 saturated heterocycles. The largest absolute Gasteiger partial charge is 0.491 e. The lowest BCUT2D eigenvalue weighted by molar-refractivity contribution is -0.147. The number of aliphatic carboxylic acids is 1. The number of hydrogen-bond donors (Lipinski definition) is 3. The molecule has 0 unspecified atom stereocenters. The summed E-state index contributed by atoms with van der Waals surface area (Å²) in [6, 6.07) is 9.04. The van der Waals surface area contributed by atoms with Gasteiger partial charge in [-0.1, -0.05) is 0 Å². The number of ether oxygens (including phenoxy) is 2. The van der Waals surface area contributed by atoms with Crippen molar-refractivity contribution in [2.24, 2.45) is 0 Å². The third-order valence-electron chi connectivity index (χ3n) is 3.82. The minimum absolute atomic E-state index is 0.190. The number of methoxy groups -OCH3 is 1. The van der Waals surface area contributed by atoms with E-state index in [0.29, 0.717) is 29.2 Å². The lowest BCUT2D eigenvalue weighted by Gasteiger charge is -2.11. The van der Waals surface area contributed by atoms with E-state index in [4.69, 9.17) is 14.6 Å². The van der Waals surface area contributed by atoms with E-state index in [-0.39, 0.29) is 17.8 Å². The number of aromatic nitrogens is 2. The fourth-order valence-electron chi connectivity index (χ4n) is 2.50. The van der Waals surface area contributed by atoms with Crippen LogP contribution in [0.25, 0.3) is 10.9 Å². The highest BCUT2D eigenvalue weighted by Crippen LogP contribution is 2.29. The van der Waals surface area contributed by atoms with Gasteiger partial charge in [-0.05, 0) is 24.3 Å². The van der Waals surface area contributed by atoms with Crippen molar-refractivity contribution in [2.45, 2.75) is 0 Å². The van der Waals surface area contributed by atoms with E-state index >= 15 is 0 Å². The van der Waals surface area contributed by atoms with Crippen LogP contribution in [0.15, 0.2) is 42.7 Å². The lowest BCUT2D eigenvalue weighted by Crippen LogP contribution is -2.21. The molecule has 3 rings (SSSR count). The van der Waals surface area contributed by atoms with Gasteiger partial charge in [0, 0.05) is 30.6 Å². The second kappa shape index (κ2) is 8.93. The third kappa shape index (κ3) is 4.93. The van der Waals surface area contributed by atoms with E-state index in [1.165, 1.54) is 24.5 Å². The summed E-state index contributed by atoms with van der Waals surface area (Å²) in [6.07, 6.45) is 1.30. The first kappa shape index (κ1) is 20.0. The average molecular weight is 400 g/mol. The lowest BCUT2D eigenvalue weighted by atomic mass is 10.2. The second-order valence-electron chi connectivity index (χ2n) is 5.82. The Morgan fingerprint density at radius 2 is 1.83 bits per heavy atom. The molecular weight excluding hydrogens is 383 g/mol. The monoisotopic (exact) mass is 400 g/mol. The van der Waals surface area contributed by atoms with Gasteiger partial charge >= 0.3 is 11.9 Å². The van der Waals surface area contributed by atoms with Crippen LogP contribution in [0.4, 0.5) is 21.6 Å². The molecule has 2 aromatic carbocycles. The molecule has 3 N–H and O–H groups in total. The molecule has 0 bridgehead atoms. The van der Waals surface area contributed by atoms with E-state index in [9.17, 15) is 14.0 Å². The van der Waals surface area contributed by atoms with Gasteiger partial charge < -0.3 is 25.2 Å². The first-order chi connectivity index (χ1) is 14.0. The predicted octanol–water partition coefficient (Wildman–Crippen LogP) is 2.56. The zero-order valence-corrected chi connectivity index (χ0v) is 15.3. The van der Waals surface area contributed by atoms with E-state index < -0.39 is 17.7 Å². The molecule has 10 heteroatoms. The van der Waals surface area contributed by atoms with E-state index in [2.05, 4.69) is 20.6 Å². The maximum absolute atomic E-state index is 14.7. The number of carboxylic acids is 1. The average Bonchev–Trinajstić information content (AvgIpc) is 2.69. The first-order valence-electron chi connectivity index (χ1n) is 8.45. The van der Waals surface area contributed by atoms with Gasteiger partial charge in [0.15, 0.2) is 0 Å². The molecule has 0 atom stereocenters. The Bertz CT molecular complexity index is 1040. The molecule has 0 saturated carbocycles. The molecule has 29 heavy (non-hydrogen) atoms. The summed E-state index contributed by atoms with van der Waals surface area (Å²) in [5, 5.41) is 14.0. The van der Waals surface area contributed by atoms with Crippen LogP contribution in [0.1, 0.15) is 0 Å². The fourth-order valence-corrected chi connectivity index (χ4v) is 2.50. The zero-order valence-electron chi connectivity index (χ0n) is 15.3. The minimum atomic E-state index is -1.58. The number of hydrogen-bond acceptors (Lipinski definition) is 7. The predicted molar refractivity (Wildman–Crippen MR) is 103 cm³/mol. The fraction of sp³-hybridized carbons (Fsp3) is 0.158. The van der Waals surface area contributed by atoms with E-state index in [1.54, 1.807) is 25.3 Å². The zero-order chi connectivity index (χ0) is 20.8. The number of rotatable bonds is 7. The topological polar surface area (TPSA) is 123 Å². The van der Waals surface area contributed by atoms with Crippen molar-refractivity contribution >= 4 is 40.0 Å². The van der Waals surface area contributed by atoms with Gasteiger partial charge in [0.25, 0.3) is 0 Å². The Morgan fingerprint density at radius 3 is 2.52 bits per heavy atom. The standard InChI is InChI=1S/C19H17FN4O5/c1-28-6-7-29-13-8-14(20)16-15(9-13)21-10-22-17(16)23-11-2-4-12(5-3-11)24-18(25)19(26)27/h2-5,8-10H,6-7H2,1H3,(H,24,25)(H,26,27)(H,21,22,23). The first-order valence-corrected chi connectivity index (χ1v) is 8.45. The van der Waals surface area contributed by atoms with Crippen molar-refractivity contribution in [3.63, 3.8) is 0 Å². The summed E-state index contributed by atoms with van der Waals surface area (Å²) in [7, 11) is 1.54. The van der Waals surface area contributed by atoms with Gasteiger partial charge in [-0.25, -0.2) is 19.2 Å². The highest BCUT2D eigenvalue weighted by Gasteiger charge is 2.13. The summed E-state index contributed by atoms with van der Waals surface area (Å²) in [6.45, 7) is 0.654. The summed E-state index contributed by atoms with van der Waals surface area (Å²) < 4.78 is 25.0. The van der Waals surface area contributed by atoms with Crippen LogP contribution in [0.5, 0.6) is 5.75 Å². The second-order valence-corrected chi connectivity index (χ2v) is 5.82. The summed E-state index contributed by atoms with van der Waals surface area (Å²) in [5.74, 6) is -2.70. The third-order valence-corrected chi connectivity index (χ3v) is 3.82. The van der Waals surface area contributed by atoms with Crippen LogP contribution in [-0.2, 0) is 14.3 Å². The molecule has 0 radical (unpaired) electrons. The Hall–Kier alpha value is -3.79. The van der Waals surface area contributed by atoms with Crippen LogP contribution in [-0.4, -0.2) is 47.3 Å². The maximum Gasteiger partial charge on any atom is 0.394 e. The molecule has 1 amide bonds. The number of nitrogens with zero attached hydrogens (tertiary/aromatic N) is 2. The van der Waals surface area contributed by atoms with Crippen LogP contribution in [0.2, 0.25) is 0 Å². The Labute approximate surface area is 164 Å². The van der Waals surface area contributed by atoms with Crippen molar-refractivity contribution in [3.8, 4) is 5.75 Å². The molecule has 1 heterocycles. The van der Waals surface area contributed by atoms with Crippen molar-refractivity contribution < 1.29 is 28.6 Å². The molecule has 0 fully saturated rings. The van der Waals surface area contributed by atoms with Crippen molar-refractivity contribution in [1.82, 2.24) is 9.97 Å². The van der Waals surface area contributed by atoms with Gasteiger partial charge in [-0.3, -0.25) is 4.79 Å². The van der Waals surface area contributed by atoms with Gasteiger partial charge in [0.2, 0.25) is 0 Å².